The maximum atomic E-state index is 6.00. The van der Waals surface area contributed by atoms with E-state index < -0.39 is 0 Å². The summed E-state index contributed by atoms with van der Waals surface area (Å²) in [6, 6.07) is 0. The lowest BCUT2D eigenvalue weighted by Gasteiger charge is -2.26. The van der Waals surface area contributed by atoms with Crippen molar-refractivity contribution in [3.63, 3.8) is 0 Å². The summed E-state index contributed by atoms with van der Waals surface area (Å²) in [5.74, 6) is 1.40. The zero-order valence-electron chi connectivity index (χ0n) is 13.1. The monoisotopic (exact) mass is 334 g/mol. The molecule has 0 saturated heterocycles. The first-order chi connectivity index (χ1) is 10.6. The van der Waals surface area contributed by atoms with E-state index in [1.165, 1.54) is 15.8 Å². The number of aryl methyl sites for hydroxylation is 1. The Labute approximate surface area is 137 Å². The molecule has 4 heterocycles. The Kier molecular flexibility index (Phi) is 3.39. The molecule has 3 aromatic heterocycles. The van der Waals surface area contributed by atoms with Crippen molar-refractivity contribution in [1.29, 1.82) is 0 Å². The maximum Gasteiger partial charge on any atom is 0.176 e. The largest absolute Gasteiger partial charge is 0.372 e. The summed E-state index contributed by atoms with van der Waals surface area (Å²) in [5.41, 5.74) is 2.30. The summed E-state index contributed by atoms with van der Waals surface area (Å²) >= 11 is 3.37. The Morgan fingerprint density at radius 1 is 1.36 bits per heavy atom. The number of fused-ring (bicyclic) bond motifs is 5. The van der Waals surface area contributed by atoms with Crippen LogP contribution in [0.15, 0.2) is 5.16 Å². The molecule has 1 atom stereocenters. The van der Waals surface area contributed by atoms with Crippen molar-refractivity contribution in [3.8, 4) is 0 Å². The zero-order valence-corrected chi connectivity index (χ0v) is 14.7. The highest BCUT2D eigenvalue weighted by molar-refractivity contribution is 7.98. The number of ether oxygens (including phenoxy) is 1. The molecular formula is C15H18N4OS2. The lowest BCUT2D eigenvalue weighted by Crippen LogP contribution is -2.26. The molecule has 22 heavy (non-hydrogen) atoms. The number of rotatable bonds is 2. The molecule has 4 rings (SSSR count). The van der Waals surface area contributed by atoms with E-state index in [2.05, 4.69) is 28.4 Å². The average Bonchev–Trinajstić information content (AvgIpc) is 3.06. The molecule has 0 radical (unpaired) electrons. The highest BCUT2D eigenvalue weighted by Crippen LogP contribution is 2.39. The van der Waals surface area contributed by atoms with Gasteiger partial charge in [0.2, 0.25) is 0 Å². The van der Waals surface area contributed by atoms with Crippen LogP contribution in [0.25, 0.3) is 15.9 Å². The minimum Gasteiger partial charge on any atom is -0.372 e. The molecule has 3 aromatic rings. The Morgan fingerprint density at radius 3 is 2.91 bits per heavy atom. The van der Waals surface area contributed by atoms with E-state index in [1.54, 1.807) is 23.1 Å². The summed E-state index contributed by atoms with van der Waals surface area (Å²) in [5, 5.41) is 10.8. The van der Waals surface area contributed by atoms with Gasteiger partial charge in [0.1, 0.15) is 10.7 Å². The molecule has 0 N–H and O–H groups in total. The quantitative estimate of drug-likeness (QED) is 0.530. The first-order valence-corrected chi connectivity index (χ1v) is 9.45. The fourth-order valence-corrected chi connectivity index (χ4v) is 4.80. The van der Waals surface area contributed by atoms with Crippen molar-refractivity contribution in [3.05, 3.63) is 16.3 Å². The average molecular weight is 334 g/mol. The Hall–Kier alpha value is -1.18. The van der Waals surface area contributed by atoms with Gasteiger partial charge in [0.15, 0.2) is 10.8 Å². The van der Waals surface area contributed by atoms with Crippen molar-refractivity contribution in [2.45, 2.75) is 45.1 Å². The van der Waals surface area contributed by atoms with Gasteiger partial charge in [0, 0.05) is 11.3 Å². The second-order valence-corrected chi connectivity index (χ2v) is 7.84. The first kappa shape index (κ1) is 14.4. The van der Waals surface area contributed by atoms with Crippen LogP contribution < -0.4 is 0 Å². The normalized spacial score (nSPS) is 18.5. The fraction of sp³-hybridized carbons (Fsp3) is 0.533. The van der Waals surface area contributed by atoms with Gasteiger partial charge >= 0.3 is 0 Å². The highest BCUT2D eigenvalue weighted by atomic mass is 32.2. The Morgan fingerprint density at radius 2 is 2.18 bits per heavy atom. The molecule has 1 aliphatic rings. The predicted octanol–water partition coefficient (Wildman–Crippen LogP) is 3.47. The predicted molar refractivity (Wildman–Crippen MR) is 89.8 cm³/mol. The summed E-state index contributed by atoms with van der Waals surface area (Å²) in [6.45, 7) is 7.09. The van der Waals surface area contributed by atoms with Crippen LogP contribution in [0.5, 0.6) is 0 Å². The molecule has 7 heteroatoms. The Balaban J connectivity index is 2.02. The molecule has 116 valence electrons. The molecule has 0 aliphatic carbocycles. The van der Waals surface area contributed by atoms with E-state index in [1.807, 2.05) is 13.2 Å². The lowest BCUT2D eigenvalue weighted by molar-refractivity contribution is 0.00203. The van der Waals surface area contributed by atoms with Gasteiger partial charge in [-0.25, -0.2) is 4.98 Å². The van der Waals surface area contributed by atoms with E-state index in [9.17, 15) is 0 Å². The van der Waals surface area contributed by atoms with Crippen molar-refractivity contribution >= 4 is 39.0 Å². The molecule has 0 fully saturated rings. The van der Waals surface area contributed by atoms with Gasteiger partial charge in [-0.05, 0) is 24.7 Å². The first-order valence-electron chi connectivity index (χ1n) is 7.41. The van der Waals surface area contributed by atoms with Crippen LogP contribution in [-0.4, -0.2) is 31.9 Å². The number of hydrogen-bond donors (Lipinski definition) is 0. The van der Waals surface area contributed by atoms with Crippen molar-refractivity contribution in [2.75, 3.05) is 6.26 Å². The van der Waals surface area contributed by atoms with Gasteiger partial charge in [-0.3, -0.25) is 4.40 Å². The van der Waals surface area contributed by atoms with E-state index in [0.717, 1.165) is 27.9 Å². The molecule has 0 spiro atoms. The van der Waals surface area contributed by atoms with E-state index in [0.29, 0.717) is 12.5 Å². The van der Waals surface area contributed by atoms with Crippen molar-refractivity contribution < 1.29 is 4.74 Å². The Bertz CT molecular complexity index is 868. The SMILES string of the molecule is CSc1nc2sc3c(c2c2nnc(C)n12)C[C@H](C(C)C)OC3. The van der Waals surface area contributed by atoms with Gasteiger partial charge in [-0.2, -0.15) is 0 Å². The molecule has 0 amide bonds. The lowest BCUT2D eigenvalue weighted by atomic mass is 9.96. The van der Waals surface area contributed by atoms with Crippen molar-refractivity contribution in [1.82, 2.24) is 19.6 Å². The number of thioether (sulfide) groups is 1. The van der Waals surface area contributed by atoms with Gasteiger partial charge in [-0.15, -0.1) is 21.5 Å². The molecule has 0 unspecified atom stereocenters. The fourth-order valence-electron chi connectivity index (χ4n) is 3.04. The third-order valence-electron chi connectivity index (χ3n) is 4.27. The maximum absolute atomic E-state index is 6.00. The number of hydrogen-bond acceptors (Lipinski definition) is 6. The van der Waals surface area contributed by atoms with E-state index in [4.69, 9.17) is 9.72 Å². The molecule has 0 aromatic carbocycles. The summed E-state index contributed by atoms with van der Waals surface area (Å²) in [7, 11) is 0. The molecule has 0 saturated carbocycles. The van der Waals surface area contributed by atoms with Gasteiger partial charge in [0.05, 0.1) is 18.1 Å². The van der Waals surface area contributed by atoms with Crippen LogP contribution in [-0.2, 0) is 17.8 Å². The molecular weight excluding hydrogens is 316 g/mol. The second kappa shape index (κ2) is 5.18. The third kappa shape index (κ3) is 1.99. The van der Waals surface area contributed by atoms with Crippen LogP contribution >= 0.6 is 23.1 Å². The zero-order chi connectivity index (χ0) is 15.4. The highest BCUT2D eigenvalue weighted by Gasteiger charge is 2.28. The number of nitrogens with zero attached hydrogens (tertiary/aromatic N) is 4. The number of aromatic nitrogens is 4. The van der Waals surface area contributed by atoms with Crippen LogP contribution in [0.1, 0.15) is 30.1 Å². The van der Waals surface area contributed by atoms with Gasteiger partial charge in [-0.1, -0.05) is 25.6 Å². The van der Waals surface area contributed by atoms with Crippen LogP contribution in [0.4, 0.5) is 0 Å². The standard InChI is InChI=1S/C15H18N4OS2/c1-7(2)10-5-9-11(6-20-10)22-14-12(9)13-18-17-8(3)19(13)15(16-14)21-4/h7,10H,5-6H2,1-4H3/t10-/m1/s1. The van der Waals surface area contributed by atoms with Gasteiger partial charge < -0.3 is 4.74 Å². The number of thiophene rings is 1. The smallest absolute Gasteiger partial charge is 0.176 e. The van der Waals surface area contributed by atoms with E-state index >= 15 is 0 Å². The molecule has 5 nitrogen and oxygen atoms in total. The summed E-state index contributed by atoms with van der Waals surface area (Å²) < 4.78 is 8.07. The summed E-state index contributed by atoms with van der Waals surface area (Å²) in [6.07, 6.45) is 3.25. The van der Waals surface area contributed by atoms with Crippen LogP contribution in [0.3, 0.4) is 0 Å². The third-order valence-corrected chi connectivity index (χ3v) is 6.01. The van der Waals surface area contributed by atoms with Gasteiger partial charge in [0.25, 0.3) is 0 Å². The second-order valence-electron chi connectivity index (χ2n) is 5.99. The topological polar surface area (TPSA) is 52.3 Å². The molecule has 0 bridgehead atoms. The van der Waals surface area contributed by atoms with E-state index in [-0.39, 0.29) is 6.10 Å². The van der Waals surface area contributed by atoms with Crippen molar-refractivity contribution in [2.24, 2.45) is 5.92 Å². The molecule has 1 aliphatic heterocycles. The summed E-state index contributed by atoms with van der Waals surface area (Å²) in [4.78, 5) is 7.19. The van der Waals surface area contributed by atoms with Crippen LogP contribution in [0, 0.1) is 12.8 Å². The minimum absolute atomic E-state index is 0.273. The van der Waals surface area contributed by atoms with Crippen LogP contribution in [0.2, 0.25) is 0 Å². The minimum atomic E-state index is 0.273.